The Morgan fingerprint density at radius 3 is 2.60 bits per heavy atom. The number of halogens is 1. The molecule has 2 aromatic carbocycles. The first kappa shape index (κ1) is 22.6. The van der Waals surface area contributed by atoms with Gasteiger partial charge in [-0.3, -0.25) is 4.79 Å². The molecule has 6 nitrogen and oxygen atoms in total. The number of nitrogens with zero attached hydrogens (tertiary/aromatic N) is 1. The molecule has 1 aliphatic rings. The Balaban J connectivity index is 1.42. The summed E-state index contributed by atoms with van der Waals surface area (Å²) in [5.41, 5.74) is 1.71. The summed E-state index contributed by atoms with van der Waals surface area (Å²) in [6, 6.07) is 14.6. The summed E-state index contributed by atoms with van der Waals surface area (Å²) >= 11 is 5.95. The molecule has 0 saturated carbocycles. The van der Waals surface area contributed by atoms with Gasteiger partial charge >= 0.3 is 0 Å². The molecule has 0 bridgehead atoms. The van der Waals surface area contributed by atoms with Gasteiger partial charge in [0.05, 0.1) is 12.3 Å². The van der Waals surface area contributed by atoms with Crippen LogP contribution in [0.25, 0.3) is 0 Å². The average Bonchev–Trinajstić information content (AvgIpc) is 2.72. The number of hydrogen-bond donors (Lipinski definition) is 1. The highest BCUT2D eigenvalue weighted by molar-refractivity contribution is 7.88. The van der Waals surface area contributed by atoms with Gasteiger partial charge in [0.2, 0.25) is 15.9 Å². The van der Waals surface area contributed by atoms with Crippen molar-refractivity contribution in [1.82, 2.24) is 9.62 Å². The number of aryl methyl sites for hydroxylation is 1. The second-order valence-electron chi connectivity index (χ2n) is 7.46. The summed E-state index contributed by atoms with van der Waals surface area (Å²) in [7, 11) is -3.43. The van der Waals surface area contributed by atoms with Crippen LogP contribution >= 0.6 is 11.6 Å². The molecule has 8 heteroatoms. The van der Waals surface area contributed by atoms with Crippen LogP contribution in [0.4, 0.5) is 0 Å². The van der Waals surface area contributed by atoms with Crippen LogP contribution in [0.1, 0.15) is 24.0 Å². The van der Waals surface area contributed by atoms with Gasteiger partial charge in [-0.1, -0.05) is 41.9 Å². The van der Waals surface area contributed by atoms with E-state index in [2.05, 4.69) is 5.32 Å². The Morgan fingerprint density at radius 2 is 1.90 bits per heavy atom. The first-order valence-electron chi connectivity index (χ1n) is 10.0. The van der Waals surface area contributed by atoms with E-state index in [0.29, 0.717) is 49.7 Å². The fraction of sp³-hybridized carbons (Fsp3) is 0.409. The van der Waals surface area contributed by atoms with Crippen molar-refractivity contribution in [2.75, 3.05) is 26.2 Å². The number of carbonyl (C=O) groups is 1. The van der Waals surface area contributed by atoms with E-state index in [1.165, 1.54) is 4.31 Å². The number of carbonyl (C=O) groups excluding carboxylic acids is 1. The zero-order valence-corrected chi connectivity index (χ0v) is 18.6. The van der Waals surface area contributed by atoms with E-state index >= 15 is 0 Å². The van der Waals surface area contributed by atoms with E-state index < -0.39 is 10.0 Å². The van der Waals surface area contributed by atoms with Crippen LogP contribution in [0.3, 0.4) is 0 Å². The van der Waals surface area contributed by atoms with Crippen LogP contribution in [-0.4, -0.2) is 44.9 Å². The summed E-state index contributed by atoms with van der Waals surface area (Å²) in [6.45, 7) is 3.48. The minimum atomic E-state index is -3.43. The lowest BCUT2D eigenvalue weighted by molar-refractivity contribution is -0.126. The highest BCUT2D eigenvalue weighted by atomic mass is 35.5. The van der Waals surface area contributed by atoms with Gasteiger partial charge in [-0.15, -0.1) is 0 Å². The number of sulfonamides is 1. The van der Waals surface area contributed by atoms with Gasteiger partial charge in [0.25, 0.3) is 0 Å². The van der Waals surface area contributed by atoms with E-state index in [0.717, 1.165) is 11.3 Å². The molecule has 0 atom stereocenters. The Labute approximate surface area is 183 Å². The SMILES string of the molecule is Cc1ccccc1OCCNC(=O)C1CCN(S(=O)(=O)Cc2cccc(Cl)c2)CC1. The van der Waals surface area contributed by atoms with Crippen molar-refractivity contribution in [2.24, 2.45) is 5.92 Å². The minimum absolute atomic E-state index is 0.0460. The van der Waals surface area contributed by atoms with Crippen LogP contribution in [-0.2, 0) is 20.6 Å². The monoisotopic (exact) mass is 450 g/mol. The maximum Gasteiger partial charge on any atom is 0.223 e. The van der Waals surface area contributed by atoms with Gasteiger partial charge in [0.15, 0.2) is 0 Å². The molecule has 0 aliphatic carbocycles. The molecule has 0 spiro atoms. The first-order valence-corrected chi connectivity index (χ1v) is 12.0. The molecule has 1 aliphatic heterocycles. The zero-order chi connectivity index (χ0) is 21.6. The summed E-state index contributed by atoms with van der Waals surface area (Å²) in [5.74, 6) is 0.502. The lowest BCUT2D eigenvalue weighted by atomic mass is 9.97. The molecule has 1 amide bonds. The predicted molar refractivity (Wildman–Crippen MR) is 118 cm³/mol. The Kier molecular flexibility index (Phi) is 7.75. The predicted octanol–water partition coefficient (Wildman–Crippen LogP) is 3.39. The lowest BCUT2D eigenvalue weighted by Gasteiger charge is -2.30. The number of ether oxygens (including phenoxy) is 1. The topological polar surface area (TPSA) is 75.7 Å². The normalized spacial score (nSPS) is 15.7. The fourth-order valence-electron chi connectivity index (χ4n) is 3.52. The third kappa shape index (κ3) is 6.20. The molecule has 1 N–H and O–H groups in total. The van der Waals surface area contributed by atoms with Crippen LogP contribution < -0.4 is 10.1 Å². The second-order valence-corrected chi connectivity index (χ2v) is 9.87. The van der Waals surface area contributed by atoms with E-state index in [-0.39, 0.29) is 17.6 Å². The third-order valence-corrected chi connectivity index (χ3v) is 7.29. The highest BCUT2D eigenvalue weighted by Crippen LogP contribution is 2.23. The zero-order valence-electron chi connectivity index (χ0n) is 17.0. The quantitative estimate of drug-likeness (QED) is 0.625. The fourth-order valence-corrected chi connectivity index (χ4v) is 5.29. The van der Waals surface area contributed by atoms with Gasteiger partial charge in [0.1, 0.15) is 12.4 Å². The van der Waals surface area contributed by atoms with Crippen molar-refractivity contribution in [1.29, 1.82) is 0 Å². The molecule has 1 fully saturated rings. The Bertz CT molecular complexity index is 973. The lowest BCUT2D eigenvalue weighted by Crippen LogP contribution is -2.43. The third-order valence-electron chi connectivity index (χ3n) is 5.21. The Hall–Kier alpha value is -2.09. The van der Waals surface area contributed by atoms with Gasteiger partial charge < -0.3 is 10.1 Å². The Morgan fingerprint density at radius 1 is 1.17 bits per heavy atom. The van der Waals surface area contributed by atoms with Crippen LogP contribution in [0.15, 0.2) is 48.5 Å². The summed E-state index contributed by atoms with van der Waals surface area (Å²) in [6.07, 6.45) is 1.03. The van der Waals surface area contributed by atoms with E-state index in [9.17, 15) is 13.2 Å². The van der Waals surface area contributed by atoms with Gasteiger partial charge in [-0.25, -0.2) is 12.7 Å². The van der Waals surface area contributed by atoms with Crippen molar-refractivity contribution in [3.05, 3.63) is 64.7 Å². The van der Waals surface area contributed by atoms with Crippen molar-refractivity contribution in [3.8, 4) is 5.75 Å². The second kappa shape index (κ2) is 10.3. The molecule has 30 heavy (non-hydrogen) atoms. The minimum Gasteiger partial charge on any atom is -0.491 e. The van der Waals surface area contributed by atoms with E-state index in [1.54, 1.807) is 24.3 Å². The smallest absolute Gasteiger partial charge is 0.223 e. The molecule has 162 valence electrons. The van der Waals surface area contributed by atoms with Gasteiger partial charge in [-0.2, -0.15) is 0 Å². The van der Waals surface area contributed by atoms with E-state index in [4.69, 9.17) is 16.3 Å². The number of nitrogens with one attached hydrogen (secondary N) is 1. The standard InChI is InChI=1S/C22H27ClN2O4S/c1-17-5-2-3-8-21(17)29-14-11-24-22(26)19-9-12-25(13-10-19)30(27,28)16-18-6-4-7-20(23)15-18/h2-8,15,19H,9-14,16H2,1H3,(H,24,26). The van der Waals surface area contributed by atoms with Crippen molar-refractivity contribution < 1.29 is 17.9 Å². The number of hydrogen-bond acceptors (Lipinski definition) is 4. The number of para-hydroxylation sites is 1. The van der Waals surface area contributed by atoms with Crippen LogP contribution in [0, 0.1) is 12.8 Å². The van der Waals surface area contributed by atoms with Crippen molar-refractivity contribution in [2.45, 2.75) is 25.5 Å². The summed E-state index contributed by atoms with van der Waals surface area (Å²) in [4.78, 5) is 12.4. The number of piperidine rings is 1. The molecule has 0 unspecified atom stereocenters. The average molecular weight is 451 g/mol. The first-order chi connectivity index (χ1) is 14.3. The molecule has 3 rings (SSSR count). The van der Waals surface area contributed by atoms with E-state index in [1.807, 2.05) is 31.2 Å². The molecule has 1 heterocycles. The molecule has 2 aromatic rings. The van der Waals surface area contributed by atoms with Crippen molar-refractivity contribution in [3.63, 3.8) is 0 Å². The molecular formula is C22H27ClN2O4S. The molecule has 0 radical (unpaired) electrons. The summed E-state index contributed by atoms with van der Waals surface area (Å²) < 4.78 is 32.5. The molecule has 1 saturated heterocycles. The maximum atomic E-state index is 12.7. The number of amides is 1. The van der Waals surface area contributed by atoms with Crippen LogP contribution in [0.2, 0.25) is 5.02 Å². The molecular weight excluding hydrogens is 424 g/mol. The number of benzene rings is 2. The molecule has 0 aromatic heterocycles. The largest absolute Gasteiger partial charge is 0.491 e. The summed E-state index contributed by atoms with van der Waals surface area (Å²) in [5, 5.41) is 3.41. The van der Waals surface area contributed by atoms with Crippen LogP contribution in [0.5, 0.6) is 5.75 Å². The van der Waals surface area contributed by atoms with Gasteiger partial charge in [0, 0.05) is 24.0 Å². The maximum absolute atomic E-state index is 12.7. The number of rotatable bonds is 8. The van der Waals surface area contributed by atoms with Gasteiger partial charge in [-0.05, 0) is 49.1 Å². The highest BCUT2D eigenvalue weighted by Gasteiger charge is 2.31. The van der Waals surface area contributed by atoms with Crippen molar-refractivity contribution >= 4 is 27.5 Å².